The van der Waals surface area contributed by atoms with Gasteiger partial charge >= 0.3 is 12.0 Å². The molecule has 0 spiro atoms. The molecule has 1 aromatic carbocycles. The van der Waals surface area contributed by atoms with Gasteiger partial charge in [0.2, 0.25) is 0 Å². The van der Waals surface area contributed by atoms with Crippen LogP contribution in [-0.4, -0.2) is 23.5 Å². The maximum Gasteiger partial charge on any atom is 0.338 e. The first-order valence-electron chi connectivity index (χ1n) is 8.95. The van der Waals surface area contributed by atoms with Gasteiger partial charge in [0.05, 0.1) is 23.9 Å². The molecule has 27 heavy (non-hydrogen) atoms. The van der Waals surface area contributed by atoms with Crippen LogP contribution in [0.15, 0.2) is 53.0 Å². The smallest absolute Gasteiger partial charge is 0.338 e. The second kappa shape index (κ2) is 6.53. The first-order valence-corrected chi connectivity index (χ1v) is 9.83. The summed E-state index contributed by atoms with van der Waals surface area (Å²) in [6, 6.07) is 11.5. The Labute approximate surface area is 162 Å². The van der Waals surface area contributed by atoms with Gasteiger partial charge in [-0.25, -0.2) is 9.59 Å². The van der Waals surface area contributed by atoms with Crippen LogP contribution >= 0.6 is 11.3 Å². The van der Waals surface area contributed by atoms with Crippen molar-refractivity contribution in [2.24, 2.45) is 0 Å². The molecule has 0 unspecified atom stereocenters. The number of carbonyl (C=O) groups excluding carboxylic acids is 2. The van der Waals surface area contributed by atoms with E-state index in [1.54, 1.807) is 4.90 Å². The van der Waals surface area contributed by atoms with E-state index in [1.165, 1.54) is 16.9 Å². The highest BCUT2D eigenvalue weighted by molar-refractivity contribution is 7.10. The number of urea groups is 1. The number of rotatable bonds is 3. The van der Waals surface area contributed by atoms with Crippen molar-refractivity contribution < 1.29 is 14.3 Å². The van der Waals surface area contributed by atoms with Crippen molar-refractivity contribution in [2.45, 2.75) is 38.8 Å². The van der Waals surface area contributed by atoms with Crippen LogP contribution in [0.1, 0.15) is 42.8 Å². The molecule has 1 N–H and O–H groups in total. The third-order valence-corrected chi connectivity index (χ3v) is 5.92. The van der Waals surface area contributed by atoms with Gasteiger partial charge in [-0.05, 0) is 28.0 Å². The zero-order valence-corrected chi connectivity index (χ0v) is 16.4. The van der Waals surface area contributed by atoms with E-state index >= 15 is 0 Å². The number of nitrogens with one attached hydrogen (secondary N) is 1. The van der Waals surface area contributed by atoms with Crippen molar-refractivity contribution >= 4 is 23.3 Å². The van der Waals surface area contributed by atoms with Gasteiger partial charge in [-0.15, -0.1) is 11.3 Å². The Balaban J connectivity index is 1.64. The fourth-order valence-corrected chi connectivity index (χ4v) is 4.22. The number of hydrogen-bond donors (Lipinski definition) is 1. The van der Waals surface area contributed by atoms with Gasteiger partial charge in [0.25, 0.3) is 0 Å². The summed E-state index contributed by atoms with van der Waals surface area (Å²) in [5, 5.41) is 4.90. The van der Waals surface area contributed by atoms with Gasteiger partial charge in [0.1, 0.15) is 6.61 Å². The van der Waals surface area contributed by atoms with Crippen molar-refractivity contribution in [3.8, 4) is 0 Å². The summed E-state index contributed by atoms with van der Waals surface area (Å²) in [4.78, 5) is 27.7. The second-order valence-electron chi connectivity index (χ2n) is 7.87. The Morgan fingerprint density at radius 2 is 1.93 bits per heavy atom. The zero-order chi connectivity index (χ0) is 19.2. The average molecular weight is 382 g/mol. The lowest BCUT2D eigenvalue weighted by Crippen LogP contribution is -2.46. The minimum Gasteiger partial charge on any atom is -0.456 e. The highest BCUT2D eigenvalue weighted by atomic mass is 32.1. The summed E-state index contributed by atoms with van der Waals surface area (Å²) in [5.41, 5.74) is 3.55. The highest BCUT2D eigenvalue weighted by Gasteiger charge is 2.42. The van der Waals surface area contributed by atoms with Crippen molar-refractivity contribution in [3.05, 3.63) is 69.1 Å². The molecule has 0 saturated heterocycles. The summed E-state index contributed by atoms with van der Waals surface area (Å²) >= 11 is 1.52. The first-order chi connectivity index (χ1) is 12.8. The van der Waals surface area contributed by atoms with Gasteiger partial charge < -0.3 is 10.1 Å². The maximum atomic E-state index is 12.8. The Bertz CT molecular complexity index is 908. The third-order valence-electron chi connectivity index (χ3n) is 4.99. The van der Waals surface area contributed by atoms with Crippen molar-refractivity contribution in [1.82, 2.24) is 10.2 Å². The monoisotopic (exact) mass is 382 g/mol. The normalized spacial score (nSPS) is 19.8. The molecule has 5 nitrogen and oxygen atoms in total. The maximum absolute atomic E-state index is 12.8. The van der Waals surface area contributed by atoms with Crippen LogP contribution in [0.25, 0.3) is 0 Å². The van der Waals surface area contributed by atoms with E-state index in [0.717, 1.165) is 10.4 Å². The lowest BCUT2D eigenvalue weighted by molar-refractivity contribution is -0.136. The first kappa shape index (κ1) is 17.8. The fourth-order valence-electron chi connectivity index (χ4n) is 3.44. The zero-order valence-electron chi connectivity index (χ0n) is 15.6. The van der Waals surface area contributed by atoms with E-state index in [1.807, 2.05) is 29.6 Å². The molecule has 0 fully saturated rings. The molecule has 6 heteroatoms. The van der Waals surface area contributed by atoms with Crippen LogP contribution in [0, 0.1) is 0 Å². The molecule has 0 aliphatic carbocycles. The molecule has 2 aromatic rings. The summed E-state index contributed by atoms with van der Waals surface area (Å²) < 4.78 is 5.27. The number of ether oxygens (including phenoxy) is 1. The molecule has 2 aliphatic rings. The number of benzene rings is 1. The van der Waals surface area contributed by atoms with Crippen molar-refractivity contribution in [1.29, 1.82) is 0 Å². The average Bonchev–Trinajstić information content (AvgIpc) is 3.27. The topological polar surface area (TPSA) is 58.6 Å². The van der Waals surface area contributed by atoms with Crippen LogP contribution in [0.2, 0.25) is 0 Å². The van der Waals surface area contributed by atoms with Gasteiger partial charge in [-0.3, -0.25) is 4.90 Å². The minimum atomic E-state index is -0.429. The molecule has 4 rings (SSSR count). The van der Waals surface area contributed by atoms with E-state index in [2.05, 4.69) is 38.2 Å². The molecule has 0 radical (unpaired) electrons. The fraction of sp³-hybridized carbons (Fsp3) is 0.333. The number of esters is 1. The second-order valence-corrected chi connectivity index (χ2v) is 8.85. The number of nitrogens with zero attached hydrogens (tertiary/aromatic N) is 1. The quantitative estimate of drug-likeness (QED) is 0.813. The van der Waals surface area contributed by atoms with E-state index in [0.29, 0.717) is 17.8 Å². The largest absolute Gasteiger partial charge is 0.456 e. The molecule has 2 amide bonds. The van der Waals surface area contributed by atoms with Gasteiger partial charge in [0, 0.05) is 4.88 Å². The van der Waals surface area contributed by atoms with Crippen LogP contribution in [-0.2, 0) is 21.5 Å². The van der Waals surface area contributed by atoms with E-state index in [-0.39, 0.29) is 24.0 Å². The molecular formula is C21H22N2O3S. The Morgan fingerprint density at radius 3 is 2.56 bits per heavy atom. The Kier molecular flexibility index (Phi) is 4.30. The highest BCUT2D eigenvalue weighted by Crippen LogP contribution is 2.37. The van der Waals surface area contributed by atoms with Gasteiger partial charge in [-0.1, -0.05) is 51.1 Å². The summed E-state index contributed by atoms with van der Waals surface area (Å²) in [7, 11) is 0. The summed E-state index contributed by atoms with van der Waals surface area (Å²) in [6.07, 6.45) is 0. The Hall–Kier alpha value is -2.60. The van der Waals surface area contributed by atoms with Crippen LogP contribution < -0.4 is 5.32 Å². The lowest BCUT2D eigenvalue weighted by Gasteiger charge is -2.32. The van der Waals surface area contributed by atoms with Crippen LogP contribution in [0.5, 0.6) is 0 Å². The number of cyclic esters (lactones) is 1. The summed E-state index contributed by atoms with van der Waals surface area (Å²) in [6.45, 7) is 7.06. The van der Waals surface area contributed by atoms with Crippen LogP contribution in [0.4, 0.5) is 4.79 Å². The predicted octanol–water partition coefficient (Wildman–Crippen LogP) is 4.12. The van der Waals surface area contributed by atoms with Crippen molar-refractivity contribution in [2.75, 3.05) is 6.61 Å². The SMILES string of the molecule is CC(C)(C)c1ccc(CN2C(=O)N[C@@H](c3cccs3)C3=C2COC3=O)cc1. The van der Waals surface area contributed by atoms with E-state index in [4.69, 9.17) is 4.74 Å². The number of amides is 2. The summed E-state index contributed by atoms with van der Waals surface area (Å²) in [5.74, 6) is -0.350. The standard InChI is InChI=1S/C21H22N2O3S/c1-21(2,3)14-8-6-13(7-9-14)11-23-15-12-26-19(24)17(15)18(22-20(23)25)16-5-4-10-27-16/h4-10,18H,11-12H2,1-3H3,(H,22,25)/t18-/m0/s1. The Morgan fingerprint density at radius 1 is 1.19 bits per heavy atom. The number of hydrogen-bond acceptors (Lipinski definition) is 4. The predicted molar refractivity (Wildman–Crippen MR) is 104 cm³/mol. The van der Waals surface area contributed by atoms with E-state index < -0.39 is 6.04 Å². The number of thiophene rings is 1. The van der Waals surface area contributed by atoms with Gasteiger partial charge in [0.15, 0.2) is 0 Å². The molecule has 1 atom stereocenters. The van der Waals surface area contributed by atoms with E-state index in [9.17, 15) is 9.59 Å². The molecule has 140 valence electrons. The molecule has 0 saturated carbocycles. The molecule has 1 aromatic heterocycles. The lowest BCUT2D eigenvalue weighted by atomic mass is 9.86. The molecule has 3 heterocycles. The van der Waals surface area contributed by atoms with Gasteiger partial charge in [-0.2, -0.15) is 0 Å². The van der Waals surface area contributed by atoms with Crippen molar-refractivity contribution in [3.63, 3.8) is 0 Å². The minimum absolute atomic E-state index is 0.0797. The third kappa shape index (κ3) is 3.25. The van der Waals surface area contributed by atoms with Crippen LogP contribution in [0.3, 0.4) is 0 Å². The molecule has 0 bridgehead atoms. The molecular weight excluding hydrogens is 360 g/mol. The molecule has 2 aliphatic heterocycles. The number of carbonyl (C=O) groups is 2.